The maximum atomic E-state index is 11.8. The molecule has 0 fully saturated rings. The first-order valence-corrected chi connectivity index (χ1v) is 19.2. The van der Waals surface area contributed by atoms with Crippen molar-refractivity contribution < 1.29 is 19.2 Å². The molecule has 4 amide bonds. The van der Waals surface area contributed by atoms with E-state index in [4.69, 9.17) is 11.5 Å². The number of carbonyl (C=O) groups is 4. The Hall–Kier alpha value is 0.480. The van der Waals surface area contributed by atoms with E-state index in [1.165, 1.54) is 0 Å². The van der Waals surface area contributed by atoms with E-state index < -0.39 is 0 Å². The third kappa shape index (κ3) is 32.7. The molecular weight excluding hydrogens is 652 g/mol. The van der Waals surface area contributed by atoms with Crippen LogP contribution in [0.1, 0.15) is 25.7 Å². The summed E-state index contributed by atoms with van der Waals surface area (Å²) >= 11 is 0. The van der Waals surface area contributed by atoms with Gasteiger partial charge in [0.2, 0.25) is 23.6 Å². The number of carbonyl (C=O) groups excluding carboxylic acids is 4. The first-order valence-electron chi connectivity index (χ1n) is 11.7. The predicted octanol–water partition coefficient (Wildman–Crippen LogP) is 1.92. The molecule has 0 aliphatic heterocycles. The summed E-state index contributed by atoms with van der Waals surface area (Å²) < 4.78 is 0. The van der Waals surface area contributed by atoms with Crippen LogP contribution in [0.25, 0.3) is 0 Å². The van der Waals surface area contributed by atoms with Crippen LogP contribution in [0.2, 0.25) is 0 Å². The lowest BCUT2D eigenvalue weighted by molar-refractivity contribution is -0.126. The molecule has 0 unspecified atom stereocenters. The molecule has 10 nitrogen and oxygen atoms in total. The fourth-order valence-corrected chi connectivity index (χ4v) is 7.53. The van der Waals surface area contributed by atoms with Crippen molar-refractivity contribution in [2.45, 2.75) is 25.7 Å². The van der Waals surface area contributed by atoms with Crippen LogP contribution in [-0.2, 0) is 19.2 Å². The minimum Gasteiger partial charge on any atom is -0.355 e. The SMILES string of the molecule is Cl.Cl.NCCSSCCNC(=O)CCC(=O)NCCSSCCNC(=O)CCC(=O)NCCSSCCN. The highest BCUT2D eigenvalue weighted by molar-refractivity contribution is 8.77. The van der Waals surface area contributed by atoms with Gasteiger partial charge in [0.25, 0.3) is 0 Å². The standard InChI is InChI=1S/C20H40N6O4S6.2ClH/c21-5-11-31-33-13-7-23-17(27)1-3-19(29)25-9-15-35-36-16-10-26-20(30)4-2-18(28)24-8-14-34-32-12-6-22;;/h1-16,21-22H2,(H,23,27)(H,24,28)(H,25,29)(H,26,30);2*1H. The lowest BCUT2D eigenvalue weighted by Crippen LogP contribution is -2.30. The van der Waals surface area contributed by atoms with E-state index in [9.17, 15) is 19.2 Å². The second-order valence-corrected chi connectivity index (χ2v) is 15.0. The van der Waals surface area contributed by atoms with Crippen molar-refractivity contribution >= 4 is 113 Å². The van der Waals surface area contributed by atoms with Gasteiger partial charge in [0.15, 0.2) is 0 Å². The Balaban J connectivity index is -0.00000612. The monoisotopic (exact) mass is 692 g/mol. The summed E-state index contributed by atoms with van der Waals surface area (Å²) in [5.74, 6) is 4.38. The van der Waals surface area contributed by atoms with Crippen molar-refractivity contribution in [3.8, 4) is 0 Å². The molecule has 0 bridgehead atoms. The van der Waals surface area contributed by atoms with Crippen molar-refractivity contribution in [3.05, 3.63) is 0 Å². The van der Waals surface area contributed by atoms with Crippen LogP contribution in [-0.4, -0.2) is 97.4 Å². The molecule has 0 heterocycles. The van der Waals surface area contributed by atoms with Crippen molar-refractivity contribution in [2.75, 3.05) is 73.8 Å². The summed E-state index contributed by atoms with van der Waals surface area (Å²) in [4.78, 5) is 47.1. The Labute approximate surface area is 262 Å². The average molecular weight is 694 g/mol. The molecule has 0 aromatic heterocycles. The largest absolute Gasteiger partial charge is 0.355 e. The Morgan fingerprint density at radius 2 is 0.632 bits per heavy atom. The molecule has 38 heavy (non-hydrogen) atoms. The maximum absolute atomic E-state index is 11.8. The van der Waals surface area contributed by atoms with Crippen LogP contribution in [0.3, 0.4) is 0 Å². The third-order valence-corrected chi connectivity index (χ3v) is 11.1. The van der Waals surface area contributed by atoms with Crippen molar-refractivity contribution in [2.24, 2.45) is 11.5 Å². The second-order valence-electron chi connectivity index (χ2n) is 6.91. The zero-order valence-electron chi connectivity index (χ0n) is 21.4. The van der Waals surface area contributed by atoms with E-state index in [1.54, 1.807) is 64.8 Å². The number of nitrogens with one attached hydrogen (secondary N) is 4. The fraction of sp³-hybridized carbons (Fsp3) is 0.800. The van der Waals surface area contributed by atoms with E-state index in [1.807, 2.05) is 0 Å². The van der Waals surface area contributed by atoms with Gasteiger partial charge < -0.3 is 32.7 Å². The van der Waals surface area contributed by atoms with Gasteiger partial charge in [-0.3, -0.25) is 19.2 Å². The van der Waals surface area contributed by atoms with Gasteiger partial charge in [-0.1, -0.05) is 64.8 Å². The van der Waals surface area contributed by atoms with Crippen molar-refractivity contribution in [3.63, 3.8) is 0 Å². The number of amides is 4. The van der Waals surface area contributed by atoms with Crippen LogP contribution < -0.4 is 32.7 Å². The molecule has 0 aliphatic carbocycles. The van der Waals surface area contributed by atoms with Crippen LogP contribution in [0, 0.1) is 0 Å². The number of nitrogens with two attached hydrogens (primary N) is 2. The van der Waals surface area contributed by atoms with Crippen molar-refractivity contribution in [1.82, 2.24) is 21.3 Å². The van der Waals surface area contributed by atoms with Gasteiger partial charge in [-0.05, 0) is 0 Å². The molecule has 0 saturated heterocycles. The zero-order valence-corrected chi connectivity index (χ0v) is 27.9. The lowest BCUT2D eigenvalue weighted by atomic mass is 10.3. The summed E-state index contributed by atoms with van der Waals surface area (Å²) in [5.41, 5.74) is 10.8. The minimum atomic E-state index is -0.135. The topological polar surface area (TPSA) is 168 Å². The molecular formula is C20H42Cl2N6O4S6. The number of hydrogen-bond acceptors (Lipinski definition) is 12. The van der Waals surface area contributed by atoms with E-state index in [0.717, 1.165) is 34.5 Å². The zero-order chi connectivity index (χ0) is 26.7. The molecule has 0 atom stereocenters. The Bertz CT molecular complexity index is 570. The van der Waals surface area contributed by atoms with E-state index in [0.29, 0.717) is 39.3 Å². The predicted molar refractivity (Wildman–Crippen MR) is 178 cm³/mol. The quantitative estimate of drug-likeness (QED) is 0.0608. The van der Waals surface area contributed by atoms with Gasteiger partial charge in [0, 0.05) is 99.5 Å². The maximum Gasteiger partial charge on any atom is 0.220 e. The minimum absolute atomic E-state index is 0. The van der Waals surface area contributed by atoms with Crippen LogP contribution in [0.4, 0.5) is 0 Å². The van der Waals surface area contributed by atoms with Gasteiger partial charge in [-0.15, -0.1) is 24.8 Å². The van der Waals surface area contributed by atoms with Gasteiger partial charge >= 0.3 is 0 Å². The number of halogens is 2. The Morgan fingerprint density at radius 3 is 0.842 bits per heavy atom. The molecule has 0 radical (unpaired) electrons. The summed E-state index contributed by atoms with van der Waals surface area (Å²) in [6.07, 6.45) is 0.720. The van der Waals surface area contributed by atoms with Gasteiger partial charge in [0.05, 0.1) is 0 Å². The first kappa shape index (κ1) is 42.9. The fourth-order valence-electron chi connectivity index (χ4n) is 2.19. The van der Waals surface area contributed by atoms with Gasteiger partial charge in [0.1, 0.15) is 0 Å². The highest BCUT2D eigenvalue weighted by Crippen LogP contribution is 2.20. The second kappa shape index (κ2) is 33.7. The average Bonchev–Trinajstić information content (AvgIpc) is 2.87. The molecule has 226 valence electrons. The molecule has 0 rings (SSSR count). The smallest absolute Gasteiger partial charge is 0.220 e. The van der Waals surface area contributed by atoms with Crippen LogP contribution in [0.15, 0.2) is 0 Å². The molecule has 0 aromatic carbocycles. The third-order valence-electron chi connectivity index (χ3n) is 3.84. The number of hydrogen-bond donors (Lipinski definition) is 6. The van der Waals surface area contributed by atoms with Crippen LogP contribution >= 0.6 is 89.6 Å². The summed E-state index contributed by atoms with van der Waals surface area (Å²) in [6, 6.07) is 0. The summed E-state index contributed by atoms with van der Waals surface area (Å²) in [5, 5.41) is 11.2. The summed E-state index contributed by atoms with van der Waals surface area (Å²) in [6.45, 7) is 3.51. The van der Waals surface area contributed by atoms with Crippen molar-refractivity contribution in [1.29, 1.82) is 0 Å². The van der Waals surface area contributed by atoms with E-state index >= 15 is 0 Å². The van der Waals surface area contributed by atoms with Gasteiger partial charge in [-0.25, -0.2) is 0 Å². The van der Waals surface area contributed by atoms with E-state index in [-0.39, 0.29) is 74.1 Å². The molecule has 0 aliphatic rings. The first-order chi connectivity index (χ1) is 17.5. The normalized spacial score (nSPS) is 10.1. The summed E-state index contributed by atoms with van der Waals surface area (Å²) in [7, 11) is 9.94. The molecule has 8 N–H and O–H groups in total. The highest BCUT2D eigenvalue weighted by Gasteiger charge is 2.07. The Morgan fingerprint density at radius 1 is 0.421 bits per heavy atom. The van der Waals surface area contributed by atoms with Crippen LogP contribution in [0.5, 0.6) is 0 Å². The molecule has 0 aromatic rings. The van der Waals surface area contributed by atoms with Gasteiger partial charge in [-0.2, -0.15) is 0 Å². The molecule has 18 heteroatoms. The Kier molecular flexibility index (Phi) is 38.1. The highest BCUT2D eigenvalue weighted by atomic mass is 35.5. The molecule has 0 saturated carbocycles. The molecule has 0 spiro atoms. The lowest BCUT2D eigenvalue weighted by Gasteiger charge is -2.07. The number of rotatable bonds is 25. The van der Waals surface area contributed by atoms with E-state index in [2.05, 4.69) is 21.3 Å².